The van der Waals surface area contributed by atoms with Crippen molar-refractivity contribution in [2.45, 2.75) is 25.4 Å². The maximum atomic E-state index is 11.5. The summed E-state index contributed by atoms with van der Waals surface area (Å²) in [5.74, 6) is -1.90. The molecule has 1 aromatic heterocycles. The maximum absolute atomic E-state index is 11.5. The number of furan rings is 1. The maximum Gasteiger partial charge on any atom is 0.306 e. The van der Waals surface area contributed by atoms with Crippen LogP contribution in [0.1, 0.15) is 30.1 Å². The highest BCUT2D eigenvalue weighted by Crippen LogP contribution is 2.07. The van der Waals surface area contributed by atoms with E-state index in [2.05, 4.69) is 10.6 Å². The quantitative estimate of drug-likeness (QED) is 0.523. The van der Waals surface area contributed by atoms with Crippen molar-refractivity contribution in [3.8, 4) is 0 Å². The van der Waals surface area contributed by atoms with Gasteiger partial charge in [0.05, 0.1) is 23.8 Å². The Bertz CT molecular complexity index is 495. The highest BCUT2D eigenvalue weighted by Gasteiger charge is 2.24. The molecule has 1 rings (SSSR count). The largest absolute Gasteiger partial charge is 0.481 e. The summed E-state index contributed by atoms with van der Waals surface area (Å²) in [5, 5.41) is 23.2. The summed E-state index contributed by atoms with van der Waals surface area (Å²) in [7, 11) is 0. The molecule has 0 aliphatic heterocycles. The third-order valence-electron chi connectivity index (χ3n) is 2.62. The predicted molar refractivity (Wildman–Crippen MR) is 71.5 cm³/mol. The molecule has 0 saturated carbocycles. The molecule has 0 fully saturated rings. The van der Waals surface area contributed by atoms with Crippen LogP contribution in [-0.2, 0) is 9.59 Å². The van der Waals surface area contributed by atoms with E-state index in [-0.39, 0.29) is 25.4 Å². The van der Waals surface area contributed by atoms with Gasteiger partial charge in [-0.1, -0.05) is 0 Å². The first-order valence-corrected chi connectivity index (χ1v) is 6.31. The molecule has 8 nitrogen and oxygen atoms in total. The Morgan fingerprint density at radius 3 is 2.62 bits per heavy atom. The van der Waals surface area contributed by atoms with Gasteiger partial charge in [0.2, 0.25) is 5.91 Å². The molecule has 0 spiro atoms. The smallest absolute Gasteiger partial charge is 0.306 e. The molecule has 1 unspecified atom stereocenters. The van der Waals surface area contributed by atoms with E-state index in [1.807, 2.05) is 0 Å². The third kappa shape index (κ3) is 6.57. The average Bonchev–Trinajstić information content (AvgIpc) is 2.88. The number of carboxylic acids is 1. The van der Waals surface area contributed by atoms with Gasteiger partial charge in [-0.15, -0.1) is 0 Å². The van der Waals surface area contributed by atoms with Crippen molar-refractivity contribution in [3.05, 3.63) is 24.2 Å². The molecule has 8 heteroatoms. The van der Waals surface area contributed by atoms with Gasteiger partial charge in [0.1, 0.15) is 6.26 Å². The minimum Gasteiger partial charge on any atom is -0.481 e. The Morgan fingerprint density at radius 1 is 1.33 bits per heavy atom. The topological polar surface area (TPSA) is 129 Å². The van der Waals surface area contributed by atoms with E-state index in [1.165, 1.54) is 25.5 Å². The number of rotatable bonds is 8. The van der Waals surface area contributed by atoms with Crippen LogP contribution in [0.25, 0.3) is 0 Å². The van der Waals surface area contributed by atoms with Gasteiger partial charge in [-0.3, -0.25) is 14.4 Å². The van der Waals surface area contributed by atoms with Crippen molar-refractivity contribution < 1.29 is 29.0 Å². The molecule has 1 aromatic rings. The fraction of sp³-hybridized carbons (Fsp3) is 0.462. The van der Waals surface area contributed by atoms with Crippen LogP contribution in [0.4, 0.5) is 0 Å². The highest BCUT2D eigenvalue weighted by molar-refractivity contribution is 5.94. The van der Waals surface area contributed by atoms with Crippen molar-refractivity contribution in [2.24, 2.45) is 0 Å². The number of aliphatic carboxylic acids is 1. The molecule has 21 heavy (non-hydrogen) atoms. The first-order chi connectivity index (χ1) is 9.80. The Hall–Kier alpha value is -2.35. The number of carboxylic acid groups (broad SMARTS) is 1. The second-order valence-corrected chi connectivity index (χ2v) is 4.86. The number of hydrogen-bond donors (Lipinski definition) is 4. The third-order valence-corrected chi connectivity index (χ3v) is 2.62. The lowest BCUT2D eigenvalue weighted by Crippen LogP contribution is -2.42. The zero-order valence-corrected chi connectivity index (χ0v) is 11.6. The average molecular weight is 298 g/mol. The van der Waals surface area contributed by atoms with Gasteiger partial charge in [-0.2, -0.15) is 0 Å². The van der Waals surface area contributed by atoms with Gasteiger partial charge >= 0.3 is 5.97 Å². The second-order valence-electron chi connectivity index (χ2n) is 4.86. The van der Waals surface area contributed by atoms with Crippen LogP contribution in [0.15, 0.2) is 23.0 Å². The number of aliphatic hydroxyl groups is 1. The number of carbonyl (C=O) groups is 3. The zero-order valence-electron chi connectivity index (χ0n) is 11.6. The zero-order chi connectivity index (χ0) is 15.9. The number of carbonyl (C=O) groups excluding carboxylic acids is 2. The molecule has 0 aromatic carbocycles. The Kier molecular flexibility index (Phi) is 5.92. The van der Waals surface area contributed by atoms with E-state index >= 15 is 0 Å². The summed E-state index contributed by atoms with van der Waals surface area (Å²) in [6.45, 7) is 1.27. The lowest BCUT2D eigenvalue weighted by molar-refractivity contribution is -0.142. The van der Waals surface area contributed by atoms with Crippen LogP contribution in [-0.4, -0.2) is 46.7 Å². The monoisotopic (exact) mass is 298 g/mol. The van der Waals surface area contributed by atoms with Crippen molar-refractivity contribution >= 4 is 17.8 Å². The van der Waals surface area contributed by atoms with Crippen molar-refractivity contribution in [2.75, 3.05) is 13.1 Å². The number of hydrogen-bond acceptors (Lipinski definition) is 5. The number of amides is 2. The van der Waals surface area contributed by atoms with E-state index < -0.39 is 23.9 Å². The van der Waals surface area contributed by atoms with Gasteiger partial charge in [0.25, 0.3) is 5.91 Å². The van der Waals surface area contributed by atoms with E-state index in [9.17, 15) is 19.5 Å². The summed E-state index contributed by atoms with van der Waals surface area (Å²) in [4.78, 5) is 33.5. The molecule has 4 N–H and O–H groups in total. The molecule has 0 aliphatic rings. The number of nitrogens with one attached hydrogen (secondary N) is 2. The molecule has 1 atom stereocenters. The summed E-state index contributed by atoms with van der Waals surface area (Å²) >= 11 is 0. The molecule has 0 saturated heterocycles. The fourth-order valence-corrected chi connectivity index (χ4v) is 1.55. The van der Waals surface area contributed by atoms with Crippen molar-refractivity contribution in [1.29, 1.82) is 0 Å². The van der Waals surface area contributed by atoms with Crippen molar-refractivity contribution in [3.63, 3.8) is 0 Å². The van der Waals surface area contributed by atoms with Crippen LogP contribution in [0.2, 0.25) is 0 Å². The lowest BCUT2D eigenvalue weighted by Gasteiger charge is -2.21. The Morgan fingerprint density at radius 2 is 2.05 bits per heavy atom. The van der Waals surface area contributed by atoms with Crippen LogP contribution in [0.3, 0.4) is 0 Å². The minimum absolute atomic E-state index is 0.0206. The van der Waals surface area contributed by atoms with Crippen LogP contribution >= 0.6 is 0 Å². The van der Waals surface area contributed by atoms with Gasteiger partial charge in [0.15, 0.2) is 0 Å². The summed E-state index contributed by atoms with van der Waals surface area (Å²) in [5.41, 5.74) is -1.15. The van der Waals surface area contributed by atoms with Gasteiger partial charge in [0, 0.05) is 19.5 Å². The van der Waals surface area contributed by atoms with E-state index in [1.54, 1.807) is 0 Å². The molecule has 116 valence electrons. The molecule has 0 aliphatic carbocycles. The van der Waals surface area contributed by atoms with E-state index in [4.69, 9.17) is 9.52 Å². The molecule has 1 heterocycles. The lowest BCUT2D eigenvalue weighted by atomic mass is 10.0. The second kappa shape index (κ2) is 7.44. The normalized spacial score (nSPS) is 13.2. The molecule has 2 amide bonds. The van der Waals surface area contributed by atoms with Crippen molar-refractivity contribution in [1.82, 2.24) is 10.6 Å². The fourth-order valence-electron chi connectivity index (χ4n) is 1.55. The van der Waals surface area contributed by atoms with Gasteiger partial charge in [-0.05, 0) is 13.0 Å². The SMILES string of the molecule is CC(O)(CNC(=O)CCNC(=O)c1ccoc1)CC(=O)O. The first kappa shape index (κ1) is 16.7. The molecular weight excluding hydrogens is 280 g/mol. The Balaban J connectivity index is 2.22. The predicted octanol–water partition coefficient (Wildman–Crippen LogP) is -0.259. The molecule has 0 bridgehead atoms. The summed E-state index contributed by atoms with van der Waals surface area (Å²) < 4.78 is 4.75. The Labute approximate surface area is 121 Å². The molecule has 0 radical (unpaired) electrons. The summed E-state index contributed by atoms with van der Waals surface area (Å²) in [6.07, 6.45) is 2.21. The molecular formula is C13H18N2O6. The highest BCUT2D eigenvalue weighted by atomic mass is 16.4. The van der Waals surface area contributed by atoms with Crippen LogP contribution in [0, 0.1) is 0 Å². The summed E-state index contributed by atoms with van der Waals surface area (Å²) in [6, 6.07) is 1.50. The van der Waals surface area contributed by atoms with Gasteiger partial charge in [-0.25, -0.2) is 0 Å². The first-order valence-electron chi connectivity index (χ1n) is 6.31. The standard InChI is InChI=1S/C13H18N2O6/c1-13(20,6-11(17)18)8-15-10(16)2-4-14-12(19)9-3-5-21-7-9/h3,5,7,20H,2,4,6,8H2,1H3,(H,14,19)(H,15,16)(H,17,18). The van der Waals surface area contributed by atoms with Crippen LogP contribution < -0.4 is 10.6 Å². The van der Waals surface area contributed by atoms with E-state index in [0.717, 1.165) is 0 Å². The van der Waals surface area contributed by atoms with Gasteiger partial charge < -0.3 is 25.3 Å². The van der Waals surface area contributed by atoms with Crippen LogP contribution in [0.5, 0.6) is 0 Å². The minimum atomic E-state index is -1.51. The van der Waals surface area contributed by atoms with E-state index in [0.29, 0.717) is 5.56 Å².